The SMILES string of the molecule is Cc1ccc(CN(C2CC2)S(=O)(=O)c2cccnc2)cc1. The largest absolute Gasteiger partial charge is 0.263 e. The van der Waals surface area contributed by atoms with Crippen LogP contribution in [-0.4, -0.2) is 23.7 Å². The van der Waals surface area contributed by atoms with Gasteiger partial charge in [-0.25, -0.2) is 8.42 Å². The van der Waals surface area contributed by atoms with E-state index in [4.69, 9.17) is 0 Å². The van der Waals surface area contributed by atoms with Crippen LogP contribution in [0.1, 0.15) is 24.0 Å². The zero-order valence-corrected chi connectivity index (χ0v) is 12.8. The lowest BCUT2D eigenvalue weighted by Gasteiger charge is -2.22. The zero-order chi connectivity index (χ0) is 14.9. The van der Waals surface area contributed by atoms with Gasteiger partial charge in [-0.15, -0.1) is 0 Å². The first kappa shape index (κ1) is 14.2. The summed E-state index contributed by atoms with van der Waals surface area (Å²) in [6.45, 7) is 2.44. The van der Waals surface area contributed by atoms with E-state index >= 15 is 0 Å². The van der Waals surface area contributed by atoms with Gasteiger partial charge in [0, 0.05) is 25.0 Å². The monoisotopic (exact) mass is 302 g/mol. The number of sulfonamides is 1. The van der Waals surface area contributed by atoms with E-state index in [1.807, 2.05) is 31.2 Å². The van der Waals surface area contributed by atoms with Crippen molar-refractivity contribution in [1.82, 2.24) is 9.29 Å². The van der Waals surface area contributed by atoms with Crippen LogP contribution in [0, 0.1) is 6.92 Å². The maximum absolute atomic E-state index is 12.8. The summed E-state index contributed by atoms with van der Waals surface area (Å²) in [5, 5.41) is 0. The van der Waals surface area contributed by atoms with E-state index in [0.717, 1.165) is 18.4 Å². The molecular formula is C16H18N2O2S. The van der Waals surface area contributed by atoms with Crippen LogP contribution in [-0.2, 0) is 16.6 Å². The molecule has 0 aliphatic heterocycles. The Hall–Kier alpha value is -1.72. The molecule has 110 valence electrons. The topological polar surface area (TPSA) is 50.3 Å². The quantitative estimate of drug-likeness (QED) is 0.853. The molecule has 1 aromatic heterocycles. The van der Waals surface area contributed by atoms with Gasteiger partial charge in [-0.05, 0) is 37.5 Å². The Balaban J connectivity index is 1.90. The molecule has 2 aromatic rings. The fraction of sp³-hybridized carbons (Fsp3) is 0.312. The second-order valence-electron chi connectivity index (χ2n) is 5.46. The zero-order valence-electron chi connectivity index (χ0n) is 11.9. The normalized spacial score (nSPS) is 15.3. The van der Waals surface area contributed by atoms with Gasteiger partial charge in [0.2, 0.25) is 10.0 Å². The molecule has 0 bridgehead atoms. The lowest BCUT2D eigenvalue weighted by molar-refractivity contribution is 0.398. The van der Waals surface area contributed by atoms with E-state index < -0.39 is 10.0 Å². The van der Waals surface area contributed by atoms with Gasteiger partial charge in [0.25, 0.3) is 0 Å². The highest BCUT2D eigenvalue weighted by Gasteiger charge is 2.38. The molecule has 1 aliphatic carbocycles. The highest BCUT2D eigenvalue weighted by molar-refractivity contribution is 7.89. The van der Waals surface area contributed by atoms with Crippen molar-refractivity contribution >= 4 is 10.0 Å². The molecule has 1 aliphatic rings. The van der Waals surface area contributed by atoms with Crippen molar-refractivity contribution in [3.63, 3.8) is 0 Å². The molecule has 0 spiro atoms. The summed E-state index contributed by atoms with van der Waals surface area (Å²) < 4.78 is 27.1. The molecule has 21 heavy (non-hydrogen) atoms. The second-order valence-corrected chi connectivity index (χ2v) is 7.35. The summed E-state index contributed by atoms with van der Waals surface area (Å²) in [5.41, 5.74) is 2.19. The molecule has 5 heteroatoms. The standard InChI is InChI=1S/C16H18N2O2S/c1-13-4-6-14(7-5-13)12-18(15-8-9-15)21(19,20)16-3-2-10-17-11-16/h2-7,10-11,15H,8-9,12H2,1H3. The first-order chi connectivity index (χ1) is 10.1. The van der Waals surface area contributed by atoms with E-state index in [0.29, 0.717) is 6.54 Å². The van der Waals surface area contributed by atoms with Crippen LogP contribution in [0.15, 0.2) is 53.7 Å². The van der Waals surface area contributed by atoms with Crippen molar-refractivity contribution < 1.29 is 8.42 Å². The first-order valence-corrected chi connectivity index (χ1v) is 8.49. The van der Waals surface area contributed by atoms with Gasteiger partial charge in [-0.3, -0.25) is 4.98 Å². The van der Waals surface area contributed by atoms with E-state index in [9.17, 15) is 8.42 Å². The van der Waals surface area contributed by atoms with Gasteiger partial charge in [0.05, 0.1) is 0 Å². The molecule has 0 radical (unpaired) electrons. The molecule has 1 saturated carbocycles. The molecule has 1 aromatic carbocycles. The molecule has 0 unspecified atom stereocenters. The third-order valence-corrected chi connectivity index (χ3v) is 5.54. The molecule has 0 saturated heterocycles. The molecule has 1 heterocycles. The van der Waals surface area contributed by atoms with Crippen molar-refractivity contribution in [2.45, 2.75) is 37.2 Å². The number of aryl methyl sites for hydroxylation is 1. The van der Waals surface area contributed by atoms with Gasteiger partial charge in [-0.2, -0.15) is 4.31 Å². The van der Waals surface area contributed by atoms with Crippen molar-refractivity contribution in [2.75, 3.05) is 0 Å². The van der Waals surface area contributed by atoms with E-state index in [1.54, 1.807) is 22.6 Å². The summed E-state index contributed by atoms with van der Waals surface area (Å²) in [5.74, 6) is 0. The Morgan fingerprint density at radius 2 is 1.90 bits per heavy atom. The summed E-state index contributed by atoms with van der Waals surface area (Å²) in [7, 11) is -3.48. The van der Waals surface area contributed by atoms with Crippen LogP contribution in [0.2, 0.25) is 0 Å². The molecule has 1 fully saturated rings. The van der Waals surface area contributed by atoms with Crippen LogP contribution in [0.25, 0.3) is 0 Å². The molecule has 0 N–H and O–H groups in total. The predicted octanol–water partition coefficient (Wildman–Crippen LogP) is 2.74. The molecular weight excluding hydrogens is 284 g/mol. The smallest absolute Gasteiger partial charge is 0.245 e. The first-order valence-electron chi connectivity index (χ1n) is 7.05. The van der Waals surface area contributed by atoms with E-state index in [-0.39, 0.29) is 10.9 Å². The minimum absolute atomic E-state index is 0.122. The maximum Gasteiger partial charge on any atom is 0.245 e. The number of aromatic nitrogens is 1. The lowest BCUT2D eigenvalue weighted by Crippen LogP contribution is -2.32. The van der Waals surface area contributed by atoms with E-state index in [2.05, 4.69) is 4.98 Å². The van der Waals surface area contributed by atoms with Gasteiger partial charge in [0.15, 0.2) is 0 Å². The second kappa shape index (κ2) is 5.58. The summed E-state index contributed by atoms with van der Waals surface area (Å²) >= 11 is 0. The average Bonchev–Trinajstić information content (AvgIpc) is 3.32. The Labute approximate surface area is 125 Å². The van der Waals surface area contributed by atoms with Crippen molar-refractivity contribution in [3.05, 3.63) is 59.9 Å². The summed E-state index contributed by atoms with van der Waals surface area (Å²) in [6.07, 6.45) is 4.87. The highest BCUT2D eigenvalue weighted by Crippen LogP contribution is 2.33. The summed E-state index contributed by atoms with van der Waals surface area (Å²) in [6, 6.07) is 11.4. The van der Waals surface area contributed by atoms with Crippen LogP contribution < -0.4 is 0 Å². The van der Waals surface area contributed by atoms with Crippen molar-refractivity contribution in [1.29, 1.82) is 0 Å². The number of nitrogens with zero attached hydrogens (tertiary/aromatic N) is 2. The van der Waals surface area contributed by atoms with Crippen LogP contribution in [0.4, 0.5) is 0 Å². The Kier molecular flexibility index (Phi) is 3.78. The Morgan fingerprint density at radius 1 is 1.19 bits per heavy atom. The van der Waals surface area contributed by atoms with Gasteiger partial charge in [0.1, 0.15) is 4.90 Å². The summed E-state index contributed by atoms with van der Waals surface area (Å²) in [4.78, 5) is 4.19. The maximum atomic E-state index is 12.8. The van der Waals surface area contributed by atoms with Gasteiger partial charge < -0.3 is 0 Å². The van der Waals surface area contributed by atoms with E-state index in [1.165, 1.54) is 11.8 Å². The van der Waals surface area contributed by atoms with Crippen LogP contribution in [0.3, 0.4) is 0 Å². The fourth-order valence-electron chi connectivity index (χ4n) is 2.28. The third kappa shape index (κ3) is 3.14. The van der Waals surface area contributed by atoms with Crippen LogP contribution in [0.5, 0.6) is 0 Å². The minimum atomic E-state index is -3.48. The van der Waals surface area contributed by atoms with Crippen molar-refractivity contribution in [3.8, 4) is 0 Å². The molecule has 0 atom stereocenters. The third-order valence-electron chi connectivity index (χ3n) is 3.65. The number of pyridine rings is 1. The highest BCUT2D eigenvalue weighted by atomic mass is 32.2. The molecule has 0 amide bonds. The molecule has 4 nitrogen and oxygen atoms in total. The van der Waals surface area contributed by atoms with Crippen LogP contribution >= 0.6 is 0 Å². The lowest BCUT2D eigenvalue weighted by atomic mass is 10.1. The number of rotatable bonds is 5. The van der Waals surface area contributed by atoms with Gasteiger partial charge >= 0.3 is 0 Å². The average molecular weight is 302 g/mol. The van der Waals surface area contributed by atoms with Gasteiger partial charge in [-0.1, -0.05) is 29.8 Å². The minimum Gasteiger partial charge on any atom is -0.263 e. The number of benzene rings is 1. The fourth-order valence-corrected chi connectivity index (χ4v) is 3.92. The predicted molar refractivity (Wildman–Crippen MR) is 81.2 cm³/mol. The Morgan fingerprint density at radius 3 is 2.48 bits per heavy atom. The Bertz CT molecular complexity index is 708. The van der Waals surface area contributed by atoms with Crippen molar-refractivity contribution in [2.24, 2.45) is 0 Å². The molecule has 3 rings (SSSR count). The number of hydrogen-bond donors (Lipinski definition) is 0. The number of hydrogen-bond acceptors (Lipinski definition) is 3.